The van der Waals surface area contributed by atoms with E-state index in [1.165, 1.54) is 12.2 Å². The van der Waals surface area contributed by atoms with Crippen molar-refractivity contribution >= 4 is 89.8 Å². The molecule has 428 valence electrons. The molecule has 0 bridgehead atoms. The van der Waals surface area contributed by atoms with Crippen molar-refractivity contribution in [1.82, 2.24) is 38.9 Å². The third-order valence-electron chi connectivity index (χ3n) is 12.7. The molecule has 0 saturated carbocycles. The third kappa shape index (κ3) is 17.1. The highest BCUT2D eigenvalue weighted by atomic mass is 32.2. The molecule has 0 fully saturated rings. The van der Waals surface area contributed by atoms with Crippen molar-refractivity contribution in [2.45, 2.75) is 12.8 Å². The Labute approximate surface area is 474 Å². The molecule has 0 unspecified atom stereocenters. The number of hydrogen-bond acceptors (Lipinski definition) is 16. The van der Waals surface area contributed by atoms with Gasteiger partial charge in [0.25, 0.3) is 10.1 Å². The molecule has 4 heterocycles. The maximum atomic E-state index is 12.3. The molecule has 0 spiro atoms. The Morgan fingerprint density at radius 1 is 0.605 bits per heavy atom. The van der Waals surface area contributed by atoms with Crippen molar-refractivity contribution in [2.75, 3.05) is 120 Å². The first-order valence-corrected chi connectivity index (χ1v) is 27.7. The second kappa shape index (κ2) is 28.4. The van der Waals surface area contributed by atoms with Gasteiger partial charge in [-0.3, -0.25) is 14.1 Å². The molecule has 0 radical (unpaired) electrons. The predicted octanol–water partition coefficient (Wildman–Crippen LogP) is 9.30. The van der Waals surface area contributed by atoms with Crippen LogP contribution in [0, 0.1) is 0 Å². The number of aromatic nitrogens is 6. The van der Waals surface area contributed by atoms with E-state index >= 15 is 0 Å². The predicted molar refractivity (Wildman–Crippen MR) is 328 cm³/mol. The number of amides is 2. The summed E-state index contributed by atoms with van der Waals surface area (Å²) in [6.07, 6.45) is 12.8. The minimum absolute atomic E-state index is 0.293. The number of rotatable bonds is 22. The van der Waals surface area contributed by atoms with E-state index < -0.39 is 10.1 Å². The zero-order valence-electron chi connectivity index (χ0n) is 48.0. The van der Waals surface area contributed by atoms with Crippen LogP contribution in [0.2, 0.25) is 0 Å². The fraction of sp³-hybridized carbons (Fsp3) is 0.288. The van der Waals surface area contributed by atoms with Crippen LogP contribution in [0.5, 0.6) is 11.5 Å². The molecule has 0 saturated heterocycles. The monoisotopic (exact) mass is 1120 g/mol. The molecule has 0 atom stereocenters. The molecular weight excluding hydrogens is 1050 g/mol. The van der Waals surface area contributed by atoms with Gasteiger partial charge >= 0.3 is 0 Å². The number of nitrogens with zero attached hydrogens (tertiary/aromatic N) is 10. The van der Waals surface area contributed by atoms with Gasteiger partial charge in [-0.05, 0) is 103 Å². The van der Waals surface area contributed by atoms with E-state index in [-0.39, 0.29) is 11.8 Å². The van der Waals surface area contributed by atoms with Gasteiger partial charge in [0.15, 0.2) is 0 Å². The number of fused-ring (bicyclic) bond motifs is 2. The fourth-order valence-electron chi connectivity index (χ4n) is 8.83. The van der Waals surface area contributed by atoms with Gasteiger partial charge in [-0.2, -0.15) is 8.42 Å². The smallest absolute Gasteiger partial charge is 0.261 e. The van der Waals surface area contributed by atoms with Crippen LogP contribution >= 0.6 is 0 Å². The van der Waals surface area contributed by atoms with Crippen LogP contribution in [0.25, 0.3) is 44.3 Å². The Balaban J connectivity index is 0.000000241. The summed E-state index contributed by atoms with van der Waals surface area (Å²) < 4.78 is 41.5. The number of para-hydroxylation sites is 2. The Bertz CT molecular complexity index is 3370. The van der Waals surface area contributed by atoms with Crippen LogP contribution in [0.3, 0.4) is 0 Å². The van der Waals surface area contributed by atoms with E-state index in [4.69, 9.17) is 24.0 Å². The topological polar surface area (TPSA) is 229 Å². The van der Waals surface area contributed by atoms with Crippen molar-refractivity contribution in [2.24, 2.45) is 14.1 Å². The summed E-state index contributed by atoms with van der Waals surface area (Å²) in [4.78, 5) is 51.5. The van der Waals surface area contributed by atoms with Crippen molar-refractivity contribution in [1.29, 1.82) is 0 Å². The molecule has 21 nitrogen and oxygen atoms in total. The van der Waals surface area contributed by atoms with Crippen molar-refractivity contribution in [3.05, 3.63) is 135 Å². The molecule has 8 aromatic rings. The highest BCUT2D eigenvalue weighted by Crippen LogP contribution is 2.40. The van der Waals surface area contributed by atoms with Crippen molar-refractivity contribution < 1.29 is 32.0 Å². The van der Waals surface area contributed by atoms with Crippen LogP contribution in [0.1, 0.15) is 12.8 Å². The molecule has 4 aromatic carbocycles. The zero-order chi connectivity index (χ0) is 59.0. The molecule has 81 heavy (non-hydrogen) atoms. The first-order chi connectivity index (χ1) is 38.6. The van der Waals surface area contributed by atoms with Crippen LogP contribution in [-0.2, 0) is 33.8 Å². The summed E-state index contributed by atoms with van der Waals surface area (Å²) in [7, 11) is 15.8. The number of hydrogen-bond donors (Lipinski definition) is 5. The summed E-state index contributed by atoms with van der Waals surface area (Å²) in [6, 6.07) is 27.7. The zero-order valence-corrected chi connectivity index (χ0v) is 48.8. The summed E-state index contributed by atoms with van der Waals surface area (Å²) in [5.74, 6) is 1.46. The Hall–Kier alpha value is -8.83. The molecular formula is C59H74N14O7S. The van der Waals surface area contributed by atoms with Gasteiger partial charge in [0.05, 0.1) is 66.0 Å². The lowest BCUT2D eigenvalue weighted by Crippen LogP contribution is -2.24. The van der Waals surface area contributed by atoms with Gasteiger partial charge in [0, 0.05) is 111 Å². The largest absolute Gasteiger partial charge is 0.494 e. The first-order valence-electron chi connectivity index (χ1n) is 25.8. The van der Waals surface area contributed by atoms with Gasteiger partial charge < -0.3 is 59.5 Å². The minimum Gasteiger partial charge on any atom is -0.494 e. The lowest BCUT2D eigenvalue weighted by Gasteiger charge is -2.25. The highest BCUT2D eigenvalue weighted by molar-refractivity contribution is 7.85. The SMILES string of the molecule is C=CC(=O)Nc1cc(Nc2nccc(-c3cn(C)c4ccccc34)n2)c(OC)cc1N(C)CCCN(C)C.C=CC(=O)Nc1cc(Nc2nccc(-c3cn(C)c4ccccc34)n2)c(OC)cc1N(C)CCCN(C)C.CS(=O)(=O)O. The Morgan fingerprint density at radius 2 is 0.975 bits per heavy atom. The quantitative estimate of drug-likeness (QED) is 0.0314. The number of ether oxygens (including phenoxy) is 2. The normalized spacial score (nSPS) is 11.0. The summed E-state index contributed by atoms with van der Waals surface area (Å²) in [6.45, 7) is 10.7. The van der Waals surface area contributed by atoms with Crippen molar-refractivity contribution in [3.8, 4) is 34.0 Å². The molecule has 22 heteroatoms. The molecule has 2 amide bonds. The first kappa shape index (κ1) is 61.4. The van der Waals surface area contributed by atoms with E-state index in [0.717, 1.165) is 94.7 Å². The highest BCUT2D eigenvalue weighted by Gasteiger charge is 2.20. The second-order valence-corrected chi connectivity index (χ2v) is 21.0. The molecule has 8 rings (SSSR count). The van der Waals surface area contributed by atoms with Crippen LogP contribution in [0.15, 0.2) is 135 Å². The number of carbonyl (C=O) groups excluding carboxylic acids is 2. The van der Waals surface area contributed by atoms with E-state index in [1.807, 2.05) is 88.9 Å². The van der Waals surface area contributed by atoms with Gasteiger partial charge in [-0.15, -0.1) is 0 Å². The number of aryl methyl sites for hydroxylation is 2. The number of nitrogens with one attached hydrogen (secondary N) is 4. The summed E-state index contributed by atoms with van der Waals surface area (Å²) in [5.41, 5.74) is 10.1. The fourth-order valence-corrected chi connectivity index (χ4v) is 8.83. The average Bonchev–Trinajstić information content (AvgIpc) is 4.04. The molecule has 4 aromatic heterocycles. The number of anilines is 8. The van der Waals surface area contributed by atoms with Crippen LogP contribution in [0.4, 0.5) is 46.0 Å². The maximum absolute atomic E-state index is 12.3. The van der Waals surface area contributed by atoms with Crippen LogP contribution < -0.4 is 40.5 Å². The van der Waals surface area contributed by atoms with Gasteiger partial charge in [0.2, 0.25) is 23.7 Å². The summed E-state index contributed by atoms with van der Waals surface area (Å²) in [5, 5.41) is 14.7. The van der Waals surface area contributed by atoms with E-state index in [9.17, 15) is 18.0 Å². The molecule has 0 aliphatic heterocycles. The lowest BCUT2D eigenvalue weighted by molar-refractivity contribution is -0.112. The number of methoxy groups -OCH3 is 2. The van der Waals surface area contributed by atoms with Crippen LogP contribution in [-0.4, -0.2) is 153 Å². The third-order valence-corrected chi connectivity index (χ3v) is 12.7. The van der Waals surface area contributed by atoms with Gasteiger partial charge in [-0.1, -0.05) is 49.6 Å². The van der Waals surface area contributed by atoms with E-state index in [2.05, 4.69) is 138 Å². The summed E-state index contributed by atoms with van der Waals surface area (Å²) >= 11 is 0. The Kier molecular flexibility index (Phi) is 21.5. The second-order valence-electron chi connectivity index (χ2n) is 19.5. The lowest BCUT2D eigenvalue weighted by atomic mass is 10.1. The van der Waals surface area contributed by atoms with E-state index in [1.54, 1.807) is 26.6 Å². The minimum atomic E-state index is -3.67. The maximum Gasteiger partial charge on any atom is 0.261 e. The number of benzene rings is 4. The molecule has 5 N–H and O–H groups in total. The van der Waals surface area contributed by atoms with Gasteiger partial charge in [-0.25, -0.2) is 19.9 Å². The van der Waals surface area contributed by atoms with E-state index in [0.29, 0.717) is 52.4 Å². The van der Waals surface area contributed by atoms with Gasteiger partial charge in [0.1, 0.15) is 11.5 Å². The standard InChI is InChI=1S/2C29H35N7O2.CH4O3S/c2*1-7-28(37)31-23-17-24(27(38-6)18-26(23)35(4)16-10-15-34(2)3)33-29-30-14-13-22(32-29)21-19-36(5)25-12-9-8-11-20(21)25;1-5(2,3)4/h2*7-9,11-14,17-19H,1,10,15-16H2,2-6H3,(H,31,37)(H,30,32,33);1H3,(H,2,3,4). The number of carbonyl (C=O) groups is 2. The van der Waals surface area contributed by atoms with Crippen molar-refractivity contribution in [3.63, 3.8) is 0 Å². The molecule has 0 aliphatic carbocycles. The Morgan fingerprint density at radius 3 is 1.32 bits per heavy atom. The molecule has 0 aliphatic rings. The average molecular weight is 1120 g/mol.